The number of hydrogen-bond acceptors (Lipinski definition) is 3. The van der Waals surface area contributed by atoms with E-state index in [1.807, 2.05) is 26.0 Å². The zero-order chi connectivity index (χ0) is 19.5. The number of nitrogens with zero attached hydrogens (tertiary/aromatic N) is 2. The lowest BCUT2D eigenvalue weighted by Gasteiger charge is -2.23. The van der Waals surface area contributed by atoms with Crippen LogP contribution in [0.5, 0.6) is 0 Å². The molecule has 0 aliphatic rings. The number of benzene rings is 1. The third kappa shape index (κ3) is 4.53. The number of nitrogens with one attached hydrogen (secondary N) is 1. The van der Waals surface area contributed by atoms with Crippen molar-refractivity contribution >= 4 is 23.0 Å². The van der Waals surface area contributed by atoms with E-state index in [4.69, 9.17) is 5.73 Å². The highest BCUT2D eigenvalue weighted by atomic mass is 16.2. The van der Waals surface area contributed by atoms with Crippen molar-refractivity contribution in [1.29, 1.82) is 0 Å². The van der Waals surface area contributed by atoms with Gasteiger partial charge in [-0.3, -0.25) is 9.36 Å². The first-order valence-corrected chi connectivity index (χ1v) is 8.89. The van der Waals surface area contributed by atoms with Crippen LogP contribution >= 0.6 is 0 Å². The second-order valence-electron chi connectivity index (χ2n) is 7.91. The van der Waals surface area contributed by atoms with Crippen molar-refractivity contribution in [3.05, 3.63) is 34.7 Å². The van der Waals surface area contributed by atoms with E-state index in [0.29, 0.717) is 18.0 Å². The summed E-state index contributed by atoms with van der Waals surface area (Å²) >= 11 is 0. The fourth-order valence-electron chi connectivity index (χ4n) is 2.94. The van der Waals surface area contributed by atoms with E-state index < -0.39 is 17.4 Å². The highest BCUT2D eigenvalue weighted by molar-refractivity contribution is 5.89. The Morgan fingerprint density at radius 3 is 2.38 bits per heavy atom. The Balaban J connectivity index is 2.31. The molecule has 0 fully saturated rings. The average Bonchev–Trinajstić information content (AvgIpc) is 2.81. The van der Waals surface area contributed by atoms with Gasteiger partial charge in [-0.05, 0) is 29.9 Å². The van der Waals surface area contributed by atoms with Gasteiger partial charge in [-0.25, -0.2) is 14.2 Å². The summed E-state index contributed by atoms with van der Waals surface area (Å²) in [7, 11) is 0. The number of aromatic nitrogens is 2. The summed E-state index contributed by atoms with van der Waals surface area (Å²) in [5.41, 5.74) is 5.73. The number of carbonyl (C=O) groups is 2. The number of hydrogen-bond donors (Lipinski definition) is 2. The average molecular weight is 360 g/mol. The molecule has 26 heavy (non-hydrogen) atoms. The van der Waals surface area contributed by atoms with Crippen LogP contribution in [0.25, 0.3) is 11.0 Å². The normalized spacial score (nSPS) is 11.9. The number of fused-ring (bicyclic) bond motifs is 1. The van der Waals surface area contributed by atoms with Gasteiger partial charge in [0.1, 0.15) is 0 Å². The van der Waals surface area contributed by atoms with Gasteiger partial charge in [0.2, 0.25) is 5.91 Å². The Hall–Kier alpha value is -2.57. The molecule has 0 spiro atoms. The first-order valence-electron chi connectivity index (χ1n) is 8.89. The quantitative estimate of drug-likeness (QED) is 0.792. The number of carbonyl (C=O) groups excluding carboxylic acids is 2. The van der Waals surface area contributed by atoms with E-state index in [9.17, 15) is 14.4 Å². The first kappa shape index (κ1) is 19.8. The van der Waals surface area contributed by atoms with Gasteiger partial charge in [-0.15, -0.1) is 0 Å². The summed E-state index contributed by atoms with van der Waals surface area (Å²) in [6.07, 6.45) is 1.000. The first-order chi connectivity index (χ1) is 12.1. The van der Waals surface area contributed by atoms with E-state index in [0.717, 1.165) is 16.5 Å². The molecule has 1 heterocycles. The number of imidazole rings is 1. The fourth-order valence-corrected chi connectivity index (χ4v) is 2.94. The highest BCUT2D eigenvalue weighted by Crippen LogP contribution is 2.19. The zero-order valence-electron chi connectivity index (χ0n) is 15.9. The monoisotopic (exact) mass is 360 g/mol. The smallest absolute Gasteiger partial charge is 0.337 e. The molecule has 0 unspecified atom stereocenters. The summed E-state index contributed by atoms with van der Waals surface area (Å²) < 4.78 is 2.81. The Morgan fingerprint density at radius 2 is 1.81 bits per heavy atom. The SMILES string of the molecule is CC(C)CCn1c(=O)n(C(=O)NCC(C)(C)CC(N)=O)c2ccccc21. The van der Waals surface area contributed by atoms with Gasteiger partial charge >= 0.3 is 11.7 Å². The number of primary amides is 1. The van der Waals surface area contributed by atoms with Crippen molar-refractivity contribution in [2.75, 3.05) is 6.54 Å². The predicted molar refractivity (Wildman–Crippen MR) is 102 cm³/mol. The lowest BCUT2D eigenvalue weighted by Crippen LogP contribution is -2.42. The number of rotatable bonds is 7. The Bertz CT molecular complexity index is 861. The molecule has 2 rings (SSSR count). The third-order valence-corrected chi connectivity index (χ3v) is 4.34. The van der Waals surface area contributed by atoms with Gasteiger partial charge in [-0.1, -0.05) is 39.8 Å². The number of nitrogens with two attached hydrogens (primary N) is 1. The van der Waals surface area contributed by atoms with Crippen LogP contribution in [-0.4, -0.2) is 27.6 Å². The summed E-state index contributed by atoms with van der Waals surface area (Å²) in [6.45, 7) is 8.67. The molecule has 2 amide bonds. The summed E-state index contributed by atoms with van der Waals surface area (Å²) in [4.78, 5) is 36.7. The molecule has 7 nitrogen and oxygen atoms in total. The molecule has 0 atom stereocenters. The largest absolute Gasteiger partial charge is 0.370 e. The zero-order valence-corrected chi connectivity index (χ0v) is 15.9. The highest BCUT2D eigenvalue weighted by Gasteiger charge is 2.24. The Labute approximate surface area is 153 Å². The van der Waals surface area contributed by atoms with Gasteiger partial charge in [0, 0.05) is 19.5 Å². The van der Waals surface area contributed by atoms with Gasteiger partial charge in [0.25, 0.3) is 0 Å². The standard InChI is InChI=1S/C19H28N4O3/c1-13(2)9-10-22-14-7-5-6-8-15(14)23(18(22)26)17(25)21-12-19(3,4)11-16(20)24/h5-8,13H,9-12H2,1-4H3,(H2,20,24)(H,21,25). The second kappa shape index (κ2) is 7.76. The van der Waals surface area contributed by atoms with E-state index >= 15 is 0 Å². The molecule has 1 aromatic carbocycles. The maximum absolute atomic E-state index is 12.8. The van der Waals surface area contributed by atoms with Gasteiger partial charge in [0.05, 0.1) is 11.0 Å². The fraction of sp³-hybridized carbons (Fsp3) is 0.526. The van der Waals surface area contributed by atoms with Crippen molar-refractivity contribution in [2.45, 2.75) is 47.1 Å². The van der Waals surface area contributed by atoms with Gasteiger partial charge in [0.15, 0.2) is 0 Å². The molecule has 0 radical (unpaired) electrons. The molecule has 1 aromatic heterocycles. The molecule has 3 N–H and O–H groups in total. The minimum Gasteiger partial charge on any atom is -0.370 e. The van der Waals surface area contributed by atoms with Crippen molar-refractivity contribution in [3.63, 3.8) is 0 Å². The second-order valence-corrected chi connectivity index (χ2v) is 7.91. The molecule has 0 bridgehead atoms. The lowest BCUT2D eigenvalue weighted by atomic mass is 9.89. The summed E-state index contributed by atoms with van der Waals surface area (Å²) in [5, 5.41) is 2.76. The third-order valence-electron chi connectivity index (χ3n) is 4.34. The van der Waals surface area contributed by atoms with Crippen molar-refractivity contribution in [2.24, 2.45) is 17.1 Å². The van der Waals surface area contributed by atoms with Crippen LogP contribution in [0.4, 0.5) is 4.79 Å². The molecule has 0 saturated carbocycles. The van der Waals surface area contributed by atoms with Crippen LogP contribution in [0.15, 0.2) is 29.1 Å². The van der Waals surface area contributed by atoms with Gasteiger partial charge in [-0.2, -0.15) is 0 Å². The predicted octanol–water partition coefficient (Wildman–Crippen LogP) is 2.31. The van der Waals surface area contributed by atoms with Crippen molar-refractivity contribution in [1.82, 2.24) is 14.5 Å². The minimum atomic E-state index is -0.493. The Morgan fingerprint density at radius 1 is 1.19 bits per heavy atom. The minimum absolute atomic E-state index is 0.151. The van der Waals surface area contributed by atoms with Crippen molar-refractivity contribution in [3.8, 4) is 0 Å². The van der Waals surface area contributed by atoms with Crippen LogP contribution in [0, 0.1) is 11.3 Å². The topological polar surface area (TPSA) is 99.1 Å². The molecule has 0 aliphatic heterocycles. The Kier molecular flexibility index (Phi) is 5.90. The van der Waals surface area contributed by atoms with Crippen LogP contribution in [0.2, 0.25) is 0 Å². The van der Waals surface area contributed by atoms with E-state index in [1.54, 1.807) is 16.7 Å². The lowest BCUT2D eigenvalue weighted by molar-refractivity contribution is -0.119. The molecular formula is C19H28N4O3. The molecule has 0 saturated heterocycles. The summed E-state index contributed by atoms with van der Waals surface area (Å²) in [5.74, 6) is 0.0270. The van der Waals surface area contributed by atoms with Crippen LogP contribution in [0.1, 0.15) is 40.5 Å². The molecular weight excluding hydrogens is 332 g/mol. The molecule has 0 aliphatic carbocycles. The number of para-hydroxylation sites is 2. The van der Waals surface area contributed by atoms with Crippen molar-refractivity contribution < 1.29 is 9.59 Å². The van der Waals surface area contributed by atoms with Crippen LogP contribution in [0.3, 0.4) is 0 Å². The van der Waals surface area contributed by atoms with E-state index in [1.165, 1.54) is 0 Å². The maximum Gasteiger partial charge on any atom is 0.337 e. The molecule has 142 valence electrons. The van der Waals surface area contributed by atoms with Gasteiger partial charge < -0.3 is 11.1 Å². The van der Waals surface area contributed by atoms with Crippen LogP contribution in [-0.2, 0) is 11.3 Å². The number of aryl methyl sites for hydroxylation is 1. The maximum atomic E-state index is 12.8. The molecule has 2 aromatic rings. The number of amides is 2. The van der Waals surface area contributed by atoms with E-state index in [2.05, 4.69) is 19.2 Å². The summed E-state index contributed by atoms with van der Waals surface area (Å²) in [6, 6.07) is 6.77. The van der Waals surface area contributed by atoms with E-state index in [-0.39, 0.29) is 18.7 Å². The molecule has 7 heteroatoms. The van der Waals surface area contributed by atoms with Crippen LogP contribution < -0.4 is 16.7 Å².